The highest BCUT2D eigenvalue weighted by molar-refractivity contribution is 8.25. The monoisotopic (exact) mass is 430 g/mol. The van der Waals surface area contributed by atoms with Gasteiger partial charge in [0.25, 0.3) is 0 Å². The molecule has 3 aromatic rings. The Balaban J connectivity index is 1.45. The first-order chi connectivity index (χ1) is 13.9. The fourth-order valence-electron chi connectivity index (χ4n) is 4.75. The summed E-state index contributed by atoms with van der Waals surface area (Å²) in [7, 11) is -2.51. The molecule has 1 saturated carbocycles. The Kier molecular flexibility index (Phi) is 3.49. The number of carbonyl (C=O) groups is 1. The van der Waals surface area contributed by atoms with Crippen LogP contribution in [0, 0.1) is 0 Å². The number of rotatable bonds is 3. The van der Waals surface area contributed by atoms with E-state index in [1.165, 1.54) is 0 Å². The summed E-state index contributed by atoms with van der Waals surface area (Å²) in [4.78, 5) is 24.0. The maximum atomic E-state index is 13.3. The third-order valence-electron chi connectivity index (χ3n) is 6.32. The van der Waals surface area contributed by atoms with E-state index >= 15 is 0 Å². The van der Waals surface area contributed by atoms with Crippen molar-refractivity contribution in [3.05, 3.63) is 53.1 Å². The summed E-state index contributed by atoms with van der Waals surface area (Å²) in [6.45, 7) is 0.321. The highest BCUT2D eigenvalue weighted by Crippen LogP contribution is 2.58. The molecule has 1 aliphatic carbocycles. The van der Waals surface area contributed by atoms with Crippen LogP contribution in [0.2, 0.25) is 5.02 Å². The molecule has 29 heavy (non-hydrogen) atoms. The number of benzene rings is 1. The molecule has 7 nitrogen and oxygen atoms in total. The molecule has 150 valence electrons. The van der Waals surface area contributed by atoms with Crippen LogP contribution in [0.1, 0.15) is 30.3 Å². The van der Waals surface area contributed by atoms with E-state index in [4.69, 9.17) is 16.6 Å². The summed E-state index contributed by atoms with van der Waals surface area (Å²) < 4.78 is 21.9. The van der Waals surface area contributed by atoms with Crippen LogP contribution in [-0.4, -0.2) is 41.1 Å². The zero-order chi connectivity index (χ0) is 20.0. The zero-order valence-electron chi connectivity index (χ0n) is 15.5. The van der Waals surface area contributed by atoms with Gasteiger partial charge in [-0.3, -0.25) is 18.9 Å². The molecule has 1 aromatic carbocycles. The first kappa shape index (κ1) is 17.7. The molecule has 2 N–H and O–H groups in total. The van der Waals surface area contributed by atoms with Gasteiger partial charge in [-0.2, -0.15) is 10.6 Å². The molecule has 1 saturated heterocycles. The molecule has 0 radical (unpaired) electrons. The number of hydrogen-bond acceptors (Lipinski definition) is 5. The van der Waals surface area contributed by atoms with Gasteiger partial charge in [-0.15, -0.1) is 0 Å². The van der Waals surface area contributed by atoms with Gasteiger partial charge in [-0.1, -0.05) is 11.6 Å². The zero-order valence-corrected chi connectivity index (χ0v) is 17.0. The molecule has 1 spiro atoms. The van der Waals surface area contributed by atoms with Crippen LogP contribution < -0.4 is 4.90 Å². The summed E-state index contributed by atoms with van der Waals surface area (Å²) in [5.74, 6) is 1.45. The number of nitrogens with zero attached hydrogens (tertiary/aromatic N) is 4. The molecule has 9 heteroatoms. The van der Waals surface area contributed by atoms with Gasteiger partial charge in [-0.05, 0) is 42.7 Å². The minimum Gasteiger partial charge on any atom is -0.320 e. The SMILES string of the molecule is O=C1N(Cc2nc3cc(Cl)ccc3n2C2CS(O)(O)C2)c2cnccc2C12CC2. The number of carbonyl (C=O) groups excluding carboxylic acids is 1. The van der Waals surface area contributed by atoms with E-state index < -0.39 is 10.6 Å². The Bertz CT molecular complexity index is 1180. The van der Waals surface area contributed by atoms with Gasteiger partial charge in [-0.25, -0.2) is 4.98 Å². The van der Waals surface area contributed by atoms with Crippen molar-refractivity contribution >= 4 is 44.8 Å². The largest absolute Gasteiger partial charge is 0.320 e. The van der Waals surface area contributed by atoms with E-state index in [-0.39, 0.29) is 17.4 Å². The number of fused-ring (bicyclic) bond motifs is 3. The average Bonchev–Trinajstić information content (AvgIpc) is 3.35. The summed E-state index contributed by atoms with van der Waals surface area (Å²) >= 11 is 6.16. The normalized spacial score (nSPS) is 22.7. The van der Waals surface area contributed by atoms with Gasteiger partial charge < -0.3 is 9.47 Å². The number of aromatic nitrogens is 3. The minimum absolute atomic E-state index is 0.0536. The van der Waals surface area contributed by atoms with Gasteiger partial charge in [0, 0.05) is 11.2 Å². The number of hydrogen-bond donors (Lipinski definition) is 2. The lowest BCUT2D eigenvalue weighted by Crippen LogP contribution is -2.37. The van der Waals surface area contributed by atoms with E-state index in [9.17, 15) is 13.9 Å². The van der Waals surface area contributed by atoms with E-state index in [2.05, 4.69) is 4.98 Å². The first-order valence-electron chi connectivity index (χ1n) is 9.54. The second-order valence-corrected chi connectivity index (χ2v) is 10.9. The van der Waals surface area contributed by atoms with Crippen LogP contribution in [0.3, 0.4) is 0 Å². The molecule has 0 unspecified atom stereocenters. The molecule has 1 amide bonds. The Morgan fingerprint density at radius 3 is 2.76 bits per heavy atom. The van der Waals surface area contributed by atoms with E-state index in [0.29, 0.717) is 23.1 Å². The van der Waals surface area contributed by atoms with Crippen molar-refractivity contribution in [2.24, 2.45) is 0 Å². The van der Waals surface area contributed by atoms with Crippen molar-refractivity contribution < 1.29 is 13.9 Å². The van der Waals surface area contributed by atoms with Gasteiger partial charge in [0.15, 0.2) is 0 Å². The molecule has 6 rings (SSSR count). The Morgan fingerprint density at radius 2 is 2.03 bits per heavy atom. The molecular formula is C20H19ClN4O3S. The topological polar surface area (TPSA) is 91.5 Å². The van der Waals surface area contributed by atoms with Crippen molar-refractivity contribution in [2.75, 3.05) is 16.4 Å². The maximum Gasteiger partial charge on any atom is 0.238 e. The maximum absolute atomic E-state index is 13.3. The quantitative estimate of drug-likeness (QED) is 0.656. The van der Waals surface area contributed by atoms with Crippen molar-refractivity contribution in [1.82, 2.24) is 14.5 Å². The van der Waals surface area contributed by atoms with E-state index in [0.717, 1.165) is 41.0 Å². The molecule has 3 aliphatic rings. The van der Waals surface area contributed by atoms with Crippen LogP contribution in [0.5, 0.6) is 0 Å². The van der Waals surface area contributed by atoms with Gasteiger partial charge in [0.1, 0.15) is 5.82 Å². The summed E-state index contributed by atoms with van der Waals surface area (Å²) in [6, 6.07) is 7.41. The third-order valence-corrected chi connectivity index (χ3v) is 8.39. The fourth-order valence-corrected chi connectivity index (χ4v) is 6.35. The lowest BCUT2D eigenvalue weighted by Gasteiger charge is -2.48. The summed E-state index contributed by atoms with van der Waals surface area (Å²) in [5, 5.41) is 0.593. The van der Waals surface area contributed by atoms with Crippen molar-refractivity contribution in [3.8, 4) is 0 Å². The standard InChI is InChI=1S/C20H19ClN4O3S/c21-12-1-2-16-15(7-12)23-18(25(16)13-10-29(27,28)11-13)9-24-17-8-22-6-3-14(17)20(4-5-20)19(24)26/h1-3,6-8,13,27-28H,4-5,9-11H2. The predicted molar refractivity (Wildman–Crippen MR) is 113 cm³/mol. The molecular weight excluding hydrogens is 412 g/mol. The van der Waals surface area contributed by atoms with Crippen LogP contribution >= 0.6 is 22.2 Å². The number of halogens is 1. The summed E-state index contributed by atoms with van der Waals surface area (Å²) in [5.41, 5.74) is 3.16. The van der Waals surface area contributed by atoms with Gasteiger partial charge in [0.2, 0.25) is 5.91 Å². The van der Waals surface area contributed by atoms with Crippen molar-refractivity contribution in [3.63, 3.8) is 0 Å². The number of pyridine rings is 1. The van der Waals surface area contributed by atoms with E-state index in [1.807, 2.05) is 22.8 Å². The number of imidazole rings is 1. The van der Waals surface area contributed by atoms with Crippen LogP contribution in [0.4, 0.5) is 5.69 Å². The van der Waals surface area contributed by atoms with Crippen LogP contribution in [0.25, 0.3) is 11.0 Å². The smallest absolute Gasteiger partial charge is 0.238 e. The number of amides is 1. The predicted octanol–water partition coefficient (Wildman–Crippen LogP) is 3.97. The molecule has 0 atom stereocenters. The molecule has 0 bridgehead atoms. The van der Waals surface area contributed by atoms with Crippen LogP contribution in [-0.2, 0) is 16.8 Å². The number of anilines is 1. The lowest BCUT2D eigenvalue weighted by molar-refractivity contribution is -0.120. The van der Waals surface area contributed by atoms with Gasteiger partial charge in [0.05, 0.1) is 52.4 Å². The molecule has 2 fully saturated rings. The first-order valence-corrected chi connectivity index (χ1v) is 11.8. The highest BCUT2D eigenvalue weighted by Gasteiger charge is 2.59. The van der Waals surface area contributed by atoms with Gasteiger partial charge >= 0.3 is 0 Å². The molecule has 2 aliphatic heterocycles. The molecule has 2 aromatic heterocycles. The third kappa shape index (κ3) is 2.49. The van der Waals surface area contributed by atoms with Crippen molar-refractivity contribution in [1.29, 1.82) is 0 Å². The van der Waals surface area contributed by atoms with E-state index in [1.54, 1.807) is 23.4 Å². The second-order valence-electron chi connectivity index (χ2n) is 8.19. The molecule has 4 heterocycles. The fraction of sp³-hybridized carbons (Fsp3) is 0.350. The average molecular weight is 431 g/mol. The Labute approximate surface area is 173 Å². The van der Waals surface area contributed by atoms with Crippen LogP contribution in [0.15, 0.2) is 36.7 Å². The lowest BCUT2D eigenvalue weighted by atomic mass is 9.99. The van der Waals surface area contributed by atoms with Crippen molar-refractivity contribution in [2.45, 2.75) is 30.8 Å². The second kappa shape index (κ2) is 5.72. The Hall–Kier alpha value is -2.13. The summed E-state index contributed by atoms with van der Waals surface area (Å²) in [6.07, 6.45) is 5.24. The minimum atomic E-state index is -2.51. The Morgan fingerprint density at radius 1 is 1.24 bits per heavy atom. The highest BCUT2D eigenvalue weighted by atomic mass is 35.5.